The first-order valence-electron chi connectivity index (χ1n) is 5.15. The second-order valence-corrected chi connectivity index (χ2v) is 3.35. The molecule has 0 aromatic carbocycles. The Morgan fingerprint density at radius 3 is 2.93 bits per heavy atom. The van der Waals surface area contributed by atoms with Crippen molar-refractivity contribution in [3.8, 4) is 11.8 Å². The van der Waals surface area contributed by atoms with E-state index in [0.717, 1.165) is 12.4 Å². The van der Waals surface area contributed by atoms with Crippen molar-refractivity contribution in [2.75, 3.05) is 19.8 Å². The molecule has 0 saturated carbocycles. The van der Waals surface area contributed by atoms with Gasteiger partial charge < -0.3 is 14.6 Å². The van der Waals surface area contributed by atoms with Crippen LogP contribution in [0.25, 0.3) is 0 Å². The highest BCUT2D eigenvalue weighted by molar-refractivity contribution is 5.77. The summed E-state index contributed by atoms with van der Waals surface area (Å²) in [7, 11) is 0. The van der Waals surface area contributed by atoms with E-state index in [1.807, 2.05) is 6.92 Å². The molecule has 84 valence electrons. The SMILES string of the molecule is CC(O)C#CC(C)OCCC1=NCCO1. The van der Waals surface area contributed by atoms with E-state index in [2.05, 4.69) is 16.8 Å². The molecule has 1 N–H and O–H groups in total. The van der Waals surface area contributed by atoms with Crippen molar-refractivity contribution in [3.63, 3.8) is 0 Å². The van der Waals surface area contributed by atoms with Gasteiger partial charge in [-0.15, -0.1) is 0 Å². The molecule has 2 atom stereocenters. The van der Waals surface area contributed by atoms with Crippen LogP contribution in [0.4, 0.5) is 0 Å². The van der Waals surface area contributed by atoms with Crippen LogP contribution in [-0.2, 0) is 9.47 Å². The van der Waals surface area contributed by atoms with Crippen LogP contribution in [0.3, 0.4) is 0 Å². The molecule has 0 aromatic rings. The molecule has 0 radical (unpaired) electrons. The lowest BCUT2D eigenvalue weighted by Gasteiger charge is -2.06. The van der Waals surface area contributed by atoms with Gasteiger partial charge in [-0.25, -0.2) is 0 Å². The summed E-state index contributed by atoms with van der Waals surface area (Å²) in [6, 6.07) is 0. The van der Waals surface area contributed by atoms with Crippen molar-refractivity contribution in [2.24, 2.45) is 4.99 Å². The van der Waals surface area contributed by atoms with Crippen LogP contribution in [-0.4, -0.2) is 43.0 Å². The summed E-state index contributed by atoms with van der Waals surface area (Å²) in [5, 5.41) is 8.93. The molecule has 4 nitrogen and oxygen atoms in total. The third kappa shape index (κ3) is 5.40. The zero-order valence-corrected chi connectivity index (χ0v) is 9.19. The maximum absolute atomic E-state index is 8.93. The molecule has 0 saturated heterocycles. The molecular formula is C11H17NO3. The van der Waals surface area contributed by atoms with Gasteiger partial charge in [-0.3, -0.25) is 4.99 Å². The Bertz CT molecular complexity index is 275. The van der Waals surface area contributed by atoms with Crippen molar-refractivity contribution in [2.45, 2.75) is 32.5 Å². The fraction of sp³-hybridized carbons (Fsp3) is 0.727. The van der Waals surface area contributed by atoms with E-state index in [4.69, 9.17) is 14.6 Å². The summed E-state index contributed by atoms with van der Waals surface area (Å²) < 4.78 is 10.6. The number of aliphatic hydroxyl groups is 1. The molecule has 0 bridgehead atoms. The maximum atomic E-state index is 8.93. The van der Waals surface area contributed by atoms with E-state index in [1.54, 1.807) is 6.92 Å². The van der Waals surface area contributed by atoms with Crippen molar-refractivity contribution >= 4 is 5.90 Å². The van der Waals surface area contributed by atoms with Gasteiger partial charge in [-0.1, -0.05) is 11.8 Å². The van der Waals surface area contributed by atoms with Gasteiger partial charge >= 0.3 is 0 Å². The Labute approximate surface area is 90.3 Å². The predicted octanol–water partition coefficient (Wildman–Crippen LogP) is 0.594. The number of hydrogen-bond donors (Lipinski definition) is 1. The van der Waals surface area contributed by atoms with E-state index in [1.165, 1.54) is 0 Å². The lowest BCUT2D eigenvalue weighted by Crippen LogP contribution is -2.11. The maximum Gasteiger partial charge on any atom is 0.185 e. The molecule has 15 heavy (non-hydrogen) atoms. The first-order chi connectivity index (χ1) is 7.18. The molecule has 1 rings (SSSR count). The summed E-state index contributed by atoms with van der Waals surface area (Å²) in [4.78, 5) is 4.15. The molecule has 1 aliphatic rings. The molecule has 0 amide bonds. The zero-order valence-electron chi connectivity index (χ0n) is 9.19. The minimum Gasteiger partial charge on any atom is -0.479 e. The molecule has 4 heteroatoms. The first-order valence-corrected chi connectivity index (χ1v) is 5.15. The number of ether oxygens (including phenoxy) is 2. The van der Waals surface area contributed by atoms with Gasteiger partial charge in [-0.05, 0) is 13.8 Å². The highest BCUT2D eigenvalue weighted by atomic mass is 16.5. The van der Waals surface area contributed by atoms with Gasteiger partial charge in [-0.2, -0.15) is 0 Å². The predicted molar refractivity (Wildman–Crippen MR) is 57.7 cm³/mol. The molecule has 1 aliphatic heterocycles. The molecular weight excluding hydrogens is 194 g/mol. The number of aliphatic hydroxyl groups excluding tert-OH is 1. The normalized spacial score (nSPS) is 18.5. The van der Waals surface area contributed by atoms with Gasteiger partial charge in [0.25, 0.3) is 0 Å². The highest BCUT2D eigenvalue weighted by Gasteiger charge is 2.07. The van der Waals surface area contributed by atoms with Crippen molar-refractivity contribution in [3.05, 3.63) is 0 Å². The fourth-order valence-corrected chi connectivity index (χ4v) is 1.13. The van der Waals surface area contributed by atoms with Gasteiger partial charge in [0, 0.05) is 6.42 Å². The Balaban J connectivity index is 2.12. The van der Waals surface area contributed by atoms with Crippen molar-refractivity contribution in [1.82, 2.24) is 0 Å². The number of nitrogens with zero attached hydrogens (tertiary/aromatic N) is 1. The van der Waals surface area contributed by atoms with Crippen molar-refractivity contribution in [1.29, 1.82) is 0 Å². The Morgan fingerprint density at radius 2 is 2.33 bits per heavy atom. The van der Waals surface area contributed by atoms with Gasteiger partial charge in [0.05, 0.1) is 13.2 Å². The van der Waals surface area contributed by atoms with Crippen LogP contribution >= 0.6 is 0 Å². The standard InChI is InChI=1S/C11H17NO3/c1-9(13)3-4-10(2)14-7-5-11-12-6-8-15-11/h9-10,13H,5-8H2,1-2H3. The molecule has 2 unspecified atom stereocenters. The Hall–Kier alpha value is -1.05. The van der Waals surface area contributed by atoms with Gasteiger partial charge in [0.15, 0.2) is 5.90 Å². The van der Waals surface area contributed by atoms with E-state index in [9.17, 15) is 0 Å². The van der Waals surface area contributed by atoms with Crippen LogP contribution in [0.15, 0.2) is 4.99 Å². The van der Waals surface area contributed by atoms with Crippen LogP contribution in [0, 0.1) is 11.8 Å². The zero-order chi connectivity index (χ0) is 11.1. The average Bonchev–Trinajstić information content (AvgIpc) is 2.67. The lowest BCUT2D eigenvalue weighted by molar-refractivity contribution is 0.106. The molecule has 0 spiro atoms. The largest absolute Gasteiger partial charge is 0.479 e. The first kappa shape index (κ1) is 12.0. The van der Waals surface area contributed by atoms with Crippen LogP contribution in [0.2, 0.25) is 0 Å². The van der Waals surface area contributed by atoms with E-state index in [-0.39, 0.29) is 6.10 Å². The fourth-order valence-electron chi connectivity index (χ4n) is 1.13. The monoisotopic (exact) mass is 211 g/mol. The third-order valence-electron chi connectivity index (χ3n) is 1.83. The summed E-state index contributed by atoms with van der Waals surface area (Å²) in [5.74, 6) is 6.22. The van der Waals surface area contributed by atoms with Crippen LogP contribution in [0.1, 0.15) is 20.3 Å². The summed E-state index contributed by atoms with van der Waals surface area (Å²) in [5.41, 5.74) is 0. The molecule has 0 aromatic heterocycles. The van der Waals surface area contributed by atoms with Gasteiger partial charge in [0.2, 0.25) is 0 Å². The third-order valence-corrected chi connectivity index (χ3v) is 1.83. The summed E-state index contributed by atoms with van der Waals surface area (Å²) in [6.45, 7) is 5.47. The van der Waals surface area contributed by atoms with Crippen LogP contribution < -0.4 is 0 Å². The minimum atomic E-state index is -0.599. The van der Waals surface area contributed by atoms with E-state index < -0.39 is 6.10 Å². The van der Waals surface area contributed by atoms with E-state index in [0.29, 0.717) is 19.6 Å². The lowest BCUT2D eigenvalue weighted by atomic mass is 10.3. The van der Waals surface area contributed by atoms with E-state index >= 15 is 0 Å². The summed E-state index contributed by atoms with van der Waals surface area (Å²) in [6.07, 6.45) is -0.0686. The second kappa shape index (κ2) is 6.44. The molecule has 0 fully saturated rings. The molecule has 1 heterocycles. The van der Waals surface area contributed by atoms with Gasteiger partial charge in [0.1, 0.15) is 18.8 Å². The average molecular weight is 211 g/mol. The highest BCUT2D eigenvalue weighted by Crippen LogP contribution is 2.00. The van der Waals surface area contributed by atoms with Crippen molar-refractivity contribution < 1.29 is 14.6 Å². The Kier molecular flexibility index (Phi) is 5.16. The minimum absolute atomic E-state index is 0.165. The summed E-state index contributed by atoms with van der Waals surface area (Å²) >= 11 is 0. The molecule has 0 aliphatic carbocycles. The topological polar surface area (TPSA) is 51.0 Å². The number of aliphatic imine (C=N–C) groups is 1. The Morgan fingerprint density at radius 1 is 1.53 bits per heavy atom. The van der Waals surface area contributed by atoms with Crippen LogP contribution in [0.5, 0.6) is 0 Å². The number of hydrogen-bond acceptors (Lipinski definition) is 4. The smallest absolute Gasteiger partial charge is 0.185 e. The quantitative estimate of drug-likeness (QED) is 0.693. The number of rotatable bonds is 4. The second-order valence-electron chi connectivity index (χ2n) is 3.35.